The summed E-state index contributed by atoms with van der Waals surface area (Å²) in [6, 6.07) is 9.35. The molecule has 1 aliphatic carbocycles. The predicted molar refractivity (Wildman–Crippen MR) is 63.2 cm³/mol. The highest BCUT2D eigenvalue weighted by Gasteiger charge is 2.24. The van der Waals surface area contributed by atoms with Crippen molar-refractivity contribution >= 4 is 20.6 Å². The Balaban J connectivity index is 2.43. The van der Waals surface area contributed by atoms with Crippen molar-refractivity contribution < 1.29 is 9.90 Å². The molecule has 0 radical (unpaired) electrons. The molecule has 0 heterocycles. The lowest BCUT2D eigenvalue weighted by Crippen LogP contribution is -2.23. The van der Waals surface area contributed by atoms with Crippen molar-refractivity contribution in [1.29, 1.82) is 0 Å². The van der Waals surface area contributed by atoms with E-state index in [1.165, 1.54) is 0 Å². The van der Waals surface area contributed by atoms with E-state index in [0.717, 1.165) is 5.56 Å². The zero-order chi connectivity index (χ0) is 10.8. The molecule has 1 aromatic carbocycles. The molecule has 3 heteroatoms. The van der Waals surface area contributed by atoms with Crippen molar-refractivity contribution in [3.8, 4) is 0 Å². The lowest BCUT2D eigenvalue weighted by atomic mass is 9.94. The summed E-state index contributed by atoms with van der Waals surface area (Å²) in [6.07, 6.45) is 2.47. The average Bonchev–Trinajstić information content (AvgIpc) is 2.27. The monoisotopic (exact) mass is 218 g/mol. The van der Waals surface area contributed by atoms with E-state index in [-0.39, 0.29) is 5.78 Å². The van der Waals surface area contributed by atoms with E-state index in [4.69, 9.17) is 0 Å². The first-order valence-electron chi connectivity index (χ1n) is 4.65. The van der Waals surface area contributed by atoms with Gasteiger partial charge in [0.25, 0.3) is 0 Å². The minimum Gasteiger partial charge on any atom is -0.380 e. The van der Waals surface area contributed by atoms with Gasteiger partial charge in [-0.25, -0.2) is 0 Å². The first kappa shape index (κ1) is 10.3. The molecule has 76 valence electrons. The van der Waals surface area contributed by atoms with Gasteiger partial charge in [0.2, 0.25) is 0 Å². The van der Waals surface area contributed by atoms with Crippen LogP contribution in [0.15, 0.2) is 47.8 Å². The Labute approximate surface area is 90.5 Å². The van der Waals surface area contributed by atoms with E-state index >= 15 is 0 Å². The average molecular weight is 218 g/mol. The molecule has 0 saturated heterocycles. The minimum absolute atomic E-state index is 0.242. The molecule has 2 nitrogen and oxygen atoms in total. The van der Waals surface area contributed by atoms with Gasteiger partial charge in [0.1, 0.15) is 6.10 Å². The van der Waals surface area contributed by atoms with Crippen LogP contribution in [0, 0.1) is 0 Å². The molecule has 2 unspecified atom stereocenters. The minimum atomic E-state index is -1.02. The Bertz CT molecular complexity index is 446. The second-order valence-corrected chi connectivity index (χ2v) is 4.05. The number of aliphatic hydroxyl groups excluding tert-OH is 1. The van der Waals surface area contributed by atoms with E-state index in [9.17, 15) is 9.90 Å². The standard InChI is InChI=1S/C12H11O2P/c13-11-9(6-7-10(15)12(11)14)8-4-2-1-3-5-8/h1-7,12,14H,15H2. The fraction of sp³-hybridized carbons (Fsp3) is 0.0833. The molecule has 0 spiro atoms. The molecule has 1 aliphatic rings. The maximum atomic E-state index is 11.8. The van der Waals surface area contributed by atoms with Gasteiger partial charge in [-0.15, -0.1) is 9.24 Å². The quantitative estimate of drug-likeness (QED) is 0.729. The van der Waals surface area contributed by atoms with Crippen LogP contribution in [0.2, 0.25) is 0 Å². The van der Waals surface area contributed by atoms with Crippen LogP contribution in [-0.4, -0.2) is 17.0 Å². The predicted octanol–water partition coefficient (Wildman–Crippen LogP) is 1.77. The Kier molecular flexibility index (Phi) is 2.81. The molecule has 1 N–H and O–H groups in total. The SMILES string of the molecule is O=C1C(c2ccccc2)=CC=C(P)C1O. The molecule has 2 rings (SSSR count). The summed E-state index contributed by atoms with van der Waals surface area (Å²) in [6.45, 7) is 0. The van der Waals surface area contributed by atoms with Crippen LogP contribution >= 0.6 is 9.24 Å². The number of benzene rings is 1. The van der Waals surface area contributed by atoms with Gasteiger partial charge in [-0.2, -0.15) is 0 Å². The van der Waals surface area contributed by atoms with E-state index in [1.54, 1.807) is 12.2 Å². The van der Waals surface area contributed by atoms with E-state index < -0.39 is 6.10 Å². The summed E-state index contributed by atoms with van der Waals surface area (Å²) in [5, 5.41) is 10.2. The van der Waals surface area contributed by atoms with Gasteiger partial charge in [-0.3, -0.25) is 4.79 Å². The highest BCUT2D eigenvalue weighted by Crippen LogP contribution is 2.26. The van der Waals surface area contributed by atoms with Crippen molar-refractivity contribution in [2.45, 2.75) is 6.10 Å². The Morgan fingerprint density at radius 3 is 2.47 bits per heavy atom. The molecule has 1 aromatic rings. The smallest absolute Gasteiger partial charge is 0.196 e. The lowest BCUT2D eigenvalue weighted by Gasteiger charge is -2.16. The van der Waals surface area contributed by atoms with Crippen molar-refractivity contribution in [3.63, 3.8) is 0 Å². The topological polar surface area (TPSA) is 37.3 Å². The Morgan fingerprint density at radius 1 is 1.13 bits per heavy atom. The summed E-state index contributed by atoms with van der Waals surface area (Å²) in [7, 11) is 2.37. The van der Waals surface area contributed by atoms with Crippen LogP contribution in [0.1, 0.15) is 5.56 Å². The number of allylic oxidation sites excluding steroid dienone is 2. The molecule has 0 saturated carbocycles. The molecule has 0 aromatic heterocycles. The number of aliphatic hydroxyl groups is 1. The molecule has 0 aliphatic heterocycles. The van der Waals surface area contributed by atoms with Crippen molar-refractivity contribution in [2.75, 3.05) is 0 Å². The summed E-state index contributed by atoms with van der Waals surface area (Å²) in [4.78, 5) is 11.8. The second-order valence-electron chi connectivity index (χ2n) is 3.38. The number of ketones is 1. The summed E-state index contributed by atoms with van der Waals surface area (Å²) in [5.74, 6) is -0.242. The highest BCUT2D eigenvalue weighted by atomic mass is 31.0. The second kappa shape index (κ2) is 4.09. The number of hydrogen-bond donors (Lipinski definition) is 1. The Morgan fingerprint density at radius 2 is 1.80 bits per heavy atom. The van der Waals surface area contributed by atoms with E-state index in [2.05, 4.69) is 9.24 Å². The summed E-state index contributed by atoms with van der Waals surface area (Å²) < 4.78 is 0. The van der Waals surface area contributed by atoms with Crippen LogP contribution in [0.5, 0.6) is 0 Å². The molecule has 2 atom stereocenters. The van der Waals surface area contributed by atoms with Gasteiger partial charge >= 0.3 is 0 Å². The Hall–Kier alpha value is -1.24. The molecular weight excluding hydrogens is 207 g/mol. The zero-order valence-corrected chi connectivity index (χ0v) is 9.21. The number of carbonyl (C=O) groups is 1. The number of Topliss-reactive ketones (excluding diaryl/α,β-unsaturated/α-hetero) is 1. The zero-order valence-electron chi connectivity index (χ0n) is 8.05. The van der Waals surface area contributed by atoms with E-state index in [0.29, 0.717) is 10.9 Å². The molecule has 15 heavy (non-hydrogen) atoms. The summed E-state index contributed by atoms with van der Waals surface area (Å²) >= 11 is 0. The maximum Gasteiger partial charge on any atom is 0.196 e. The van der Waals surface area contributed by atoms with Crippen LogP contribution < -0.4 is 0 Å². The van der Waals surface area contributed by atoms with Crippen molar-refractivity contribution in [3.05, 3.63) is 53.4 Å². The normalized spacial score (nSPS) is 20.9. The van der Waals surface area contributed by atoms with Crippen LogP contribution in [0.4, 0.5) is 0 Å². The third-order valence-electron chi connectivity index (χ3n) is 2.36. The first-order valence-corrected chi connectivity index (χ1v) is 5.23. The number of hydrogen-bond acceptors (Lipinski definition) is 2. The van der Waals surface area contributed by atoms with Crippen LogP contribution in [0.25, 0.3) is 5.57 Å². The fourth-order valence-corrected chi connectivity index (χ4v) is 1.76. The van der Waals surface area contributed by atoms with Gasteiger partial charge in [-0.1, -0.05) is 42.5 Å². The van der Waals surface area contributed by atoms with Gasteiger partial charge < -0.3 is 5.11 Å². The van der Waals surface area contributed by atoms with Gasteiger partial charge in [0.05, 0.1) is 0 Å². The number of rotatable bonds is 1. The maximum absolute atomic E-state index is 11.8. The molecular formula is C12H11O2P. The van der Waals surface area contributed by atoms with Crippen LogP contribution in [-0.2, 0) is 4.79 Å². The number of carbonyl (C=O) groups excluding carboxylic acids is 1. The lowest BCUT2D eigenvalue weighted by molar-refractivity contribution is -0.119. The molecule has 0 fully saturated rings. The van der Waals surface area contributed by atoms with Gasteiger partial charge in [-0.05, 0) is 10.9 Å². The van der Waals surface area contributed by atoms with E-state index in [1.807, 2.05) is 30.3 Å². The van der Waals surface area contributed by atoms with Crippen molar-refractivity contribution in [1.82, 2.24) is 0 Å². The molecule has 0 bridgehead atoms. The third-order valence-corrected chi connectivity index (χ3v) is 2.86. The van der Waals surface area contributed by atoms with Crippen LogP contribution in [0.3, 0.4) is 0 Å². The largest absolute Gasteiger partial charge is 0.380 e. The first-order chi connectivity index (χ1) is 7.20. The summed E-state index contributed by atoms with van der Waals surface area (Å²) in [5.41, 5.74) is 1.41. The van der Waals surface area contributed by atoms with Gasteiger partial charge in [0.15, 0.2) is 5.78 Å². The fourth-order valence-electron chi connectivity index (χ4n) is 1.51. The van der Waals surface area contributed by atoms with Gasteiger partial charge in [0, 0.05) is 5.57 Å². The van der Waals surface area contributed by atoms with Crippen molar-refractivity contribution in [2.24, 2.45) is 0 Å². The molecule has 0 amide bonds. The highest BCUT2D eigenvalue weighted by molar-refractivity contribution is 7.22. The third kappa shape index (κ3) is 1.92.